The summed E-state index contributed by atoms with van der Waals surface area (Å²) in [6, 6.07) is 0. The van der Waals surface area contributed by atoms with Gasteiger partial charge in [-0.3, -0.25) is 9.59 Å². The molecule has 10 nitrogen and oxygen atoms in total. The largest absolute Gasteiger partial charge is 0.551 e. The first-order chi connectivity index (χ1) is 11.7. The van der Waals surface area contributed by atoms with Gasteiger partial charge in [-0.1, -0.05) is 6.92 Å². The van der Waals surface area contributed by atoms with Crippen LogP contribution in [0.5, 0.6) is 0 Å². The van der Waals surface area contributed by atoms with E-state index in [2.05, 4.69) is 0 Å². The summed E-state index contributed by atoms with van der Waals surface area (Å²) in [6.07, 6.45) is -0.600. The van der Waals surface area contributed by atoms with Crippen LogP contribution in [0.25, 0.3) is 0 Å². The Bertz CT molecular complexity index is 400. The van der Waals surface area contributed by atoms with Crippen molar-refractivity contribution in [1.82, 2.24) is 0 Å². The predicted octanol–water partition coefficient (Wildman–Crippen LogP) is 0.378. The third-order valence-electron chi connectivity index (χ3n) is 3.93. The van der Waals surface area contributed by atoms with Crippen LogP contribution in [-0.4, -0.2) is 82.2 Å². The van der Waals surface area contributed by atoms with Crippen molar-refractivity contribution in [3.8, 4) is 0 Å². The maximum atomic E-state index is 12.3. The Balaban J connectivity index is 6.25. The Morgan fingerprint density at radius 3 is 1.40 bits per heavy atom. The van der Waals surface area contributed by atoms with E-state index < -0.39 is 34.4 Å². The third-order valence-corrected chi connectivity index (χ3v) is 11.9. The fourth-order valence-corrected chi connectivity index (χ4v) is 10.4. The zero-order chi connectivity index (χ0) is 19.7. The van der Waals surface area contributed by atoms with Crippen molar-refractivity contribution in [2.75, 3.05) is 42.7 Å². The molecule has 0 heterocycles. The number of esters is 1. The van der Waals surface area contributed by atoms with Gasteiger partial charge in [0.2, 0.25) is 4.85 Å². The highest BCUT2D eigenvalue weighted by atomic mass is 28.5. The molecule has 0 rings (SSSR count). The van der Waals surface area contributed by atoms with Gasteiger partial charge in [-0.05, 0) is 6.42 Å². The van der Waals surface area contributed by atoms with Crippen LogP contribution in [0.4, 0.5) is 0 Å². The lowest BCUT2D eigenvalue weighted by molar-refractivity contribution is -0.159. The summed E-state index contributed by atoms with van der Waals surface area (Å²) in [5.41, 5.74) is 0. The van der Waals surface area contributed by atoms with Gasteiger partial charge in [-0.2, -0.15) is 0 Å². The van der Waals surface area contributed by atoms with Crippen molar-refractivity contribution in [1.29, 1.82) is 0 Å². The second kappa shape index (κ2) is 10.3. The number of aliphatic carboxylic acids is 1. The maximum Gasteiger partial charge on any atom is 0.551 e. The van der Waals surface area contributed by atoms with Crippen molar-refractivity contribution in [3.05, 3.63) is 0 Å². The first-order valence-corrected chi connectivity index (χ1v) is 10.9. The molecule has 0 spiro atoms. The molecule has 0 saturated heterocycles. The quantitative estimate of drug-likeness (QED) is 0.343. The van der Waals surface area contributed by atoms with Gasteiger partial charge in [0.15, 0.2) is 0 Å². The first kappa shape index (κ1) is 24.1. The van der Waals surface area contributed by atoms with Crippen LogP contribution in [0.2, 0.25) is 0 Å². The molecule has 0 atom stereocenters. The van der Waals surface area contributed by atoms with E-state index in [1.165, 1.54) is 42.7 Å². The van der Waals surface area contributed by atoms with Gasteiger partial charge in [0.25, 0.3) is 0 Å². The molecule has 148 valence electrons. The van der Waals surface area contributed by atoms with Gasteiger partial charge in [-0.25, -0.2) is 0 Å². The third kappa shape index (κ3) is 4.46. The number of carboxylic acids is 1. The first-order valence-electron chi connectivity index (χ1n) is 7.48. The van der Waals surface area contributed by atoms with Crippen LogP contribution < -0.4 is 0 Å². The minimum atomic E-state index is -3.72. The number of carbonyl (C=O) groups is 2. The summed E-state index contributed by atoms with van der Waals surface area (Å²) >= 11 is 0. The second-order valence-electron chi connectivity index (χ2n) is 4.89. The molecule has 12 heteroatoms. The molecule has 0 aliphatic carbocycles. The molecule has 0 amide bonds. The summed E-state index contributed by atoms with van der Waals surface area (Å²) < 4.78 is 38.8. The molecule has 0 aliphatic rings. The monoisotopic (exact) mass is 400 g/mol. The summed E-state index contributed by atoms with van der Waals surface area (Å²) in [5.74, 6) is -1.91. The smallest absolute Gasteiger partial charge is 0.481 e. The zero-order valence-electron chi connectivity index (χ0n) is 15.7. The van der Waals surface area contributed by atoms with E-state index in [4.69, 9.17) is 36.4 Å². The van der Waals surface area contributed by atoms with Crippen LogP contribution in [0.3, 0.4) is 0 Å². The summed E-state index contributed by atoms with van der Waals surface area (Å²) in [4.78, 5) is 21.4. The van der Waals surface area contributed by atoms with Crippen molar-refractivity contribution in [2.24, 2.45) is 0 Å². The second-order valence-corrected chi connectivity index (χ2v) is 11.7. The maximum absolute atomic E-state index is 12.3. The topological polar surface area (TPSA) is 119 Å². The van der Waals surface area contributed by atoms with Crippen molar-refractivity contribution in [2.45, 2.75) is 31.0 Å². The minimum absolute atomic E-state index is 0.134. The highest BCUT2D eigenvalue weighted by Gasteiger charge is 2.78. The number of ether oxygens (including phenoxy) is 1. The Morgan fingerprint density at radius 1 is 0.800 bits per heavy atom. The lowest BCUT2D eigenvalue weighted by atomic mass is 10.3. The van der Waals surface area contributed by atoms with E-state index in [9.17, 15) is 9.59 Å². The van der Waals surface area contributed by atoms with Gasteiger partial charge >= 0.3 is 29.5 Å². The molecule has 1 N–H and O–H groups in total. The van der Waals surface area contributed by atoms with Crippen molar-refractivity contribution in [3.63, 3.8) is 0 Å². The molecular weight excluding hydrogens is 372 g/mol. The van der Waals surface area contributed by atoms with Crippen LogP contribution >= 0.6 is 0 Å². The Labute approximate surface area is 150 Å². The molecule has 0 aromatic rings. The summed E-state index contributed by atoms with van der Waals surface area (Å²) in [5, 5.41) is 8.78. The molecule has 0 unspecified atom stereocenters. The number of hydrogen-bond donors (Lipinski definition) is 1. The standard InChI is InChI=1S/C13H28O10Si2/c1-8-13(24(17-2,18-3)19-4,25(20-5,21-6)22-7)23-12(16)10-9-11(14)15/h8-10H2,1-7H3,(H,14,15). The molecule has 25 heavy (non-hydrogen) atoms. The lowest BCUT2D eigenvalue weighted by Gasteiger charge is -2.47. The number of hydrogen-bond acceptors (Lipinski definition) is 9. The number of rotatable bonds is 13. The van der Waals surface area contributed by atoms with Gasteiger partial charge < -0.3 is 36.4 Å². The highest BCUT2D eigenvalue weighted by molar-refractivity contribution is 6.85. The normalized spacial score (nSPS) is 12.9. The van der Waals surface area contributed by atoms with E-state index in [1.807, 2.05) is 0 Å². The van der Waals surface area contributed by atoms with Crippen LogP contribution in [-0.2, 0) is 40.9 Å². The molecule has 0 bridgehead atoms. The average Bonchev–Trinajstić information content (AvgIpc) is 2.63. The Hall–Kier alpha value is -0.866. The SMILES string of the molecule is CCC(OC(=O)CCC(=O)O)([Si](OC)(OC)OC)[Si](OC)(OC)OC. The van der Waals surface area contributed by atoms with Crippen molar-refractivity contribution < 1.29 is 46.0 Å². The van der Waals surface area contributed by atoms with E-state index in [0.717, 1.165) is 0 Å². The van der Waals surface area contributed by atoms with E-state index in [-0.39, 0.29) is 19.3 Å². The molecule has 0 fully saturated rings. The molecular formula is C13H28O10Si2. The van der Waals surface area contributed by atoms with Crippen LogP contribution in [0.15, 0.2) is 0 Å². The number of carbonyl (C=O) groups excluding carboxylic acids is 1. The molecule has 0 saturated carbocycles. The predicted molar refractivity (Wildman–Crippen MR) is 89.5 cm³/mol. The lowest BCUT2D eigenvalue weighted by Crippen LogP contribution is -2.80. The van der Waals surface area contributed by atoms with E-state index >= 15 is 0 Å². The van der Waals surface area contributed by atoms with E-state index in [0.29, 0.717) is 0 Å². The summed E-state index contributed by atoms with van der Waals surface area (Å²) in [7, 11) is 0.700. The van der Waals surface area contributed by atoms with Gasteiger partial charge in [0, 0.05) is 42.7 Å². The van der Waals surface area contributed by atoms with Crippen LogP contribution in [0.1, 0.15) is 26.2 Å². The van der Waals surface area contributed by atoms with Gasteiger partial charge in [0.05, 0.1) is 12.8 Å². The van der Waals surface area contributed by atoms with Crippen LogP contribution in [0, 0.1) is 0 Å². The Kier molecular flexibility index (Phi) is 9.97. The fourth-order valence-electron chi connectivity index (χ4n) is 2.76. The molecule has 0 aromatic carbocycles. The molecule has 0 aliphatic heterocycles. The zero-order valence-corrected chi connectivity index (χ0v) is 17.7. The Morgan fingerprint density at radius 2 is 1.16 bits per heavy atom. The minimum Gasteiger partial charge on any atom is -0.481 e. The van der Waals surface area contributed by atoms with Gasteiger partial charge in [0.1, 0.15) is 0 Å². The highest BCUT2D eigenvalue weighted by Crippen LogP contribution is 2.40. The summed E-state index contributed by atoms with van der Waals surface area (Å²) in [6.45, 7) is 1.71. The number of carboxylic acid groups (broad SMARTS) is 1. The van der Waals surface area contributed by atoms with E-state index in [1.54, 1.807) is 6.92 Å². The average molecular weight is 401 g/mol. The fraction of sp³-hybridized carbons (Fsp3) is 0.846. The molecule has 0 aromatic heterocycles. The van der Waals surface area contributed by atoms with Gasteiger partial charge in [-0.15, -0.1) is 0 Å². The van der Waals surface area contributed by atoms with Crippen molar-refractivity contribution >= 4 is 29.5 Å². The molecule has 0 radical (unpaired) electrons.